The van der Waals surface area contributed by atoms with E-state index in [0.29, 0.717) is 19.3 Å². The molecule has 0 aromatic rings. The molecule has 6 heteroatoms. The Kier molecular flexibility index (Phi) is 51.5. The smallest absolute Gasteiger partial charge is 0.306 e. The number of ether oxygens (including phenoxy) is 3. The van der Waals surface area contributed by atoms with Crippen molar-refractivity contribution in [1.29, 1.82) is 0 Å². The van der Waals surface area contributed by atoms with Gasteiger partial charge in [0.25, 0.3) is 0 Å². The first-order chi connectivity index (χ1) is 32.3. The molecule has 6 nitrogen and oxygen atoms in total. The van der Waals surface area contributed by atoms with Gasteiger partial charge in [-0.15, -0.1) is 0 Å². The van der Waals surface area contributed by atoms with E-state index in [1.807, 2.05) is 0 Å². The summed E-state index contributed by atoms with van der Waals surface area (Å²) in [7, 11) is 0. The Morgan fingerprint density at radius 3 is 0.864 bits per heavy atom. The summed E-state index contributed by atoms with van der Waals surface area (Å²) < 4.78 is 16.9. The molecule has 0 aromatic carbocycles. The van der Waals surface area contributed by atoms with Gasteiger partial charge < -0.3 is 14.2 Å². The Bertz CT molecular complexity index is 1010. The number of carbonyl (C=O) groups excluding carboxylic acids is 3. The van der Waals surface area contributed by atoms with Crippen LogP contribution in [0.5, 0.6) is 0 Å². The minimum Gasteiger partial charge on any atom is -0.462 e. The van der Waals surface area contributed by atoms with Crippen LogP contribution >= 0.6 is 0 Å². The molecule has 0 heterocycles. The molecule has 1 unspecified atom stereocenters. The van der Waals surface area contributed by atoms with E-state index in [1.54, 1.807) is 0 Å². The van der Waals surface area contributed by atoms with E-state index < -0.39 is 6.10 Å². The zero-order valence-corrected chi connectivity index (χ0v) is 45.3. The molecule has 0 spiro atoms. The van der Waals surface area contributed by atoms with Gasteiger partial charge in [-0.2, -0.15) is 0 Å². The van der Waals surface area contributed by atoms with Crippen LogP contribution in [0.2, 0.25) is 0 Å². The van der Waals surface area contributed by atoms with Gasteiger partial charge in [0.1, 0.15) is 13.2 Å². The Balaban J connectivity index is 4.21. The number of carbonyl (C=O) groups is 3. The monoisotopic (exact) mass is 933 g/mol. The topological polar surface area (TPSA) is 78.9 Å². The molecular formula is C60H116O6. The molecule has 0 saturated carbocycles. The number of rotatable bonds is 54. The molecule has 0 fully saturated rings. The fraction of sp³-hybridized carbons (Fsp3) is 0.950. The molecule has 0 aliphatic rings. The minimum absolute atomic E-state index is 0.0625. The summed E-state index contributed by atoms with van der Waals surface area (Å²) in [5.41, 5.74) is 0. The van der Waals surface area contributed by atoms with Crippen molar-refractivity contribution in [2.45, 2.75) is 343 Å². The van der Waals surface area contributed by atoms with Crippen molar-refractivity contribution in [3.05, 3.63) is 0 Å². The third-order valence-electron chi connectivity index (χ3n) is 14.1. The van der Waals surface area contributed by atoms with E-state index in [1.165, 1.54) is 225 Å². The maximum absolute atomic E-state index is 12.8. The normalized spacial score (nSPS) is 12.5. The van der Waals surface area contributed by atoms with Gasteiger partial charge in [0.2, 0.25) is 0 Å². The van der Waals surface area contributed by atoms with Crippen LogP contribution < -0.4 is 0 Å². The van der Waals surface area contributed by atoms with Crippen molar-refractivity contribution in [2.24, 2.45) is 11.8 Å². The first kappa shape index (κ1) is 64.4. The number of hydrogen-bond donors (Lipinski definition) is 0. The van der Waals surface area contributed by atoms with Gasteiger partial charge in [-0.1, -0.05) is 298 Å². The van der Waals surface area contributed by atoms with E-state index in [-0.39, 0.29) is 31.1 Å². The first-order valence-electron chi connectivity index (χ1n) is 29.8. The summed E-state index contributed by atoms with van der Waals surface area (Å²) in [4.78, 5) is 38.1. The fourth-order valence-electron chi connectivity index (χ4n) is 9.20. The fourth-order valence-corrected chi connectivity index (χ4v) is 9.20. The van der Waals surface area contributed by atoms with Gasteiger partial charge in [-0.25, -0.2) is 0 Å². The van der Waals surface area contributed by atoms with Gasteiger partial charge in [0, 0.05) is 19.3 Å². The average molecular weight is 934 g/mol. The molecule has 0 aromatic heterocycles. The second-order valence-corrected chi connectivity index (χ2v) is 21.4. The highest BCUT2D eigenvalue weighted by Gasteiger charge is 2.19. The van der Waals surface area contributed by atoms with Crippen LogP contribution in [0.15, 0.2) is 0 Å². The minimum atomic E-state index is -0.762. The number of hydrogen-bond acceptors (Lipinski definition) is 6. The summed E-state index contributed by atoms with van der Waals surface area (Å²) in [5.74, 6) is 0.898. The highest BCUT2D eigenvalue weighted by Crippen LogP contribution is 2.19. The molecule has 0 radical (unpaired) electrons. The molecule has 66 heavy (non-hydrogen) atoms. The molecule has 0 rings (SSSR count). The third-order valence-corrected chi connectivity index (χ3v) is 14.1. The Hall–Kier alpha value is -1.59. The Labute approximate surface area is 412 Å². The lowest BCUT2D eigenvalue weighted by Gasteiger charge is -2.18. The lowest BCUT2D eigenvalue weighted by atomic mass is 9.99. The molecule has 0 N–H and O–H groups in total. The molecule has 0 aliphatic heterocycles. The molecule has 0 saturated heterocycles. The van der Waals surface area contributed by atoms with Crippen LogP contribution in [0.25, 0.3) is 0 Å². The van der Waals surface area contributed by atoms with Gasteiger partial charge in [0.05, 0.1) is 0 Å². The number of esters is 3. The second kappa shape index (κ2) is 52.8. The van der Waals surface area contributed by atoms with Crippen molar-refractivity contribution in [1.82, 2.24) is 0 Å². The average Bonchev–Trinajstić information content (AvgIpc) is 3.30. The summed E-state index contributed by atoms with van der Waals surface area (Å²) in [6, 6.07) is 0. The van der Waals surface area contributed by atoms with Crippen LogP contribution in [-0.4, -0.2) is 37.2 Å². The third kappa shape index (κ3) is 51.8. The summed E-state index contributed by atoms with van der Waals surface area (Å²) in [5, 5.41) is 0. The molecule has 0 aliphatic carbocycles. The van der Waals surface area contributed by atoms with Crippen LogP contribution in [0.1, 0.15) is 336 Å². The SMILES string of the molecule is CCCCCCCCCCCCCCC(=O)O[C@H](COC(=O)CCCCCCCCCCCCCCCCCCCCC(C)CC)COC(=O)CCCCCCCCCCCCCC(C)C. The summed E-state index contributed by atoms with van der Waals surface area (Å²) >= 11 is 0. The summed E-state index contributed by atoms with van der Waals surface area (Å²) in [6.45, 7) is 11.5. The molecule has 0 bridgehead atoms. The van der Waals surface area contributed by atoms with Crippen LogP contribution in [0.3, 0.4) is 0 Å². The predicted octanol–water partition coefficient (Wildman–Crippen LogP) is 19.7. The lowest BCUT2D eigenvalue weighted by Crippen LogP contribution is -2.30. The van der Waals surface area contributed by atoms with E-state index in [2.05, 4.69) is 34.6 Å². The standard InChI is InChI=1S/C60H116O6/c1-6-8-9-10-11-12-13-25-32-37-42-47-52-60(63)66-57(54-65-59(62)51-46-41-36-31-27-22-23-28-33-38-43-48-55(3)4)53-64-58(61)50-45-40-35-30-26-21-19-17-15-14-16-18-20-24-29-34-39-44-49-56(5)7-2/h55-57H,6-54H2,1-5H3/t56?,57-/m1/s1. The van der Waals surface area contributed by atoms with Crippen molar-refractivity contribution in [3.8, 4) is 0 Å². The van der Waals surface area contributed by atoms with Crippen LogP contribution in [-0.2, 0) is 28.6 Å². The van der Waals surface area contributed by atoms with Crippen molar-refractivity contribution < 1.29 is 28.6 Å². The van der Waals surface area contributed by atoms with E-state index >= 15 is 0 Å². The maximum atomic E-state index is 12.8. The van der Waals surface area contributed by atoms with Crippen molar-refractivity contribution in [3.63, 3.8) is 0 Å². The Morgan fingerprint density at radius 2 is 0.576 bits per heavy atom. The van der Waals surface area contributed by atoms with Gasteiger partial charge >= 0.3 is 17.9 Å². The van der Waals surface area contributed by atoms with E-state index in [4.69, 9.17) is 14.2 Å². The van der Waals surface area contributed by atoms with Crippen molar-refractivity contribution >= 4 is 17.9 Å². The van der Waals surface area contributed by atoms with E-state index in [9.17, 15) is 14.4 Å². The van der Waals surface area contributed by atoms with Gasteiger partial charge in [-0.05, 0) is 31.1 Å². The lowest BCUT2D eigenvalue weighted by molar-refractivity contribution is -0.167. The zero-order valence-electron chi connectivity index (χ0n) is 45.3. The Morgan fingerprint density at radius 1 is 0.318 bits per heavy atom. The quantitative estimate of drug-likeness (QED) is 0.0343. The molecule has 2 atom stereocenters. The predicted molar refractivity (Wildman–Crippen MR) is 284 cm³/mol. The molecular weight excluding hydrogens is 817 g/mol. The number of unbranched alkanes of at least 4 members (excludes halogenated alkanes) is 38. The second-order valence-electron chi connectivity index (χ2n) is 21.4. The van der Waals surface area contributed by atoms with Gasteiger partial charge in [-0.3, -0.25) is 14.4 Å². The largest absolute Gasteiger partial charge is 0.462 e. The summed E-state index contributed by atoms with van der Waals surface area (Å²) in [6.07, 6.45) is 56.6. The molecule has 392 valence electrons. The highest BCUT2D eigenvalue weighted by atomic mass is 16.6. The van der Waals surface area contributed by atoms with Crippen LogP contribution in [0.4, 0.5) is 0 Å². The van der Waals surface area contributed by atoms with Gasteiger partial charge in [0.15, 0.2) is 6.10 Å². The van der Waals surface area contributed by atoms with Crippen molar-refractivity contribution in [2.75, 3.05) is 13.2 Å². The maximum Gasteiger partial charge on any atom is 0.306 e. The first-order valence-corrected chi connectivity index (χ1v) is 29.8. The van der Waals surface area contributed by atoms with Crippen LogP contribution in [0, 0.1) is 11.8 Å². The van der Waals surface area contributed by atoms with E-state index in [0.717, 1.165) is 69.6 Å². The zero-order chi connectivity index (χ0) is 48.2. The molecule has 0 amide bonds. The highest BCUT2D eigenvalue weighted by molar-refractivity contribution is 5.71.